The molecule has 1 aromatic heterocycles. The van der Waals surface area contributed by atoms with E-state index in [-0.39, 0.29) is 5.41 Å². The first-order chi connectivity index (χ1) is 6.55. The highest BCUT2D eigenvalue weighted by atomic mass is 14.6. The Bertz CT molecular complexity index is 316. The minimum absolute atomic E-state index is 0.0218. The second-order valence-corrected chi connectivity index (χ2v) is 3.78. The smallest absolute Gasteiger partial charge is 0.101 e. The van der Waals surface area contributed by atoms with Gasteiger partial charge < -0.3 is 0 Å². The summed E-state index contributed by atoms with van der Waals surface area (Å²) >= 11 is 0. The van der Waals surface area contributed by atoms with E-state index in [2.05, 4.69) is 31.8 Å². The van der Waals surface area contributed by atoms with E-state index in [1.54, 1.807) is 12.4 Å². The normalized spacial score (nSPS) is 9.71. The lowest BCUT2D eigenvalue weighted by Crippen LogP contribution is -2.13. The Morgan fingerprint density at radius 1 is 1.29 bits per heavy atom. The molecule has 0 saturated carbocycles. The SMILES string of the molecule is CC.CC(C)(C)c1ccncc1C#N. The first kappa shape index (κ1) is 12.6. The number of nitrogens with zero attached hydrogens (tertiary/aromatic N) is 2. The summed E-state index contributed by atoms with van der Waals surface area (Å²) in [6.45, 7) is 10.3. The summed E-state index contributed by atoms with van der Waals surface area (Å²) in [6.07, 6.45) is 3.34. The van der Waals surface area contributed by atoms with Crippen LogP contribution in [0.25, 0.3) is 0 Å². The fraction of sp³-hybridized carbons (Fsp3) is 0.500. The molecule has 0 aliphatic rings. The van der Waals surface area contributed by atoms with E-state index in [0.29, 0.717) is 5.56 Å². The maximum absolute atomic E-state index is 8.79. The van der Waals surface area contributed by atoms with Crippen molar-refractivity contribution >= 4 is 0 Å². The predicted molar refractivity (Wildman–Crippen MR) is 59.0 cm³/mol. The molecule has 0 aliphatic carbocycles. The molecule has 14 heavy (non-hydrogen) atoms. The van der Waals surface area contributed by atoms with Crippen molar-refractivity contribution in [2.45, 2.75) is 40.0 Å². The van der Waals surface area contributed by atoms with Crippen LogP contribution in [-0.2, 0) is 5.41 Å². The van der Waals surface area contributed by atoms with Crippen molar-refractivity contribution < 1.29 is 0 Å². The van der Waals surface area contributed by atoms with Gasteiger partial charge in [0, 0.05) is 12.4 Å². The Kier molecular flexibility index (Phi) is 4.86. The first-order valence-corrected chi connectivity index (χ1v) is 4.90. The molecule has 1 heterocycles. The molecule has 0 saturated heterocycles. The highest BCUT2D eigenvalue weighted by Crippen LogP contribution is 2.24. The molecule has 0 aromatic carbocycles. The van der Waals surface area contributed by atoms with Crippen LogP contribution in [0.1, 0.15) is 45.7 Å². The zero-order valence-corrected chi connectivity index (χ0v) is 9.63. The van der Waals surface area contributed by atoms with Crippen LogP contribution in [0.4, 0.5) is 0 Å². The number of rotatable bonds is 0. The van der Waals surface area contributed by atoms with E-state index in [1.165, 1.54) is 0 Å². The summed E-state index contributed by atoms with van der Waals surface area (Å²) in [7, 11) is 0. The van der Waals surface area contributed by atoms with E-state index in [0.717, 1.165) is 5.56 Å². The number of hydrogen-bond donors (Lipinski definition) is 0. The number of aromatic nitrogens is 1. The standard InChI is InChI=1S/C10H12N2.C2H6/c1-10(2,3)9-4-5-12-7-8(9)6-11;1-2/h4-5,7H,1-3H3;1-2H3. The minimum atomic E-state index is 0.0218. The van der Waals surface area contributed by atoms with Gasteiger partial charge >= 0.3 is 0 Å². The fourth-order valence-electron chi connectivity index (χ4n) is 1.14. The molecule has 2 nitrogen and oxygen atoms in total. The van der Waals surface area contributed by atoms with Crippen molar-refractivity contribution in [2.24, 2.45) is 0 Å². The highest BCUT2D eigenvalue weighted by molar-refractivity contribution is 5.38. The van der Waals surface area contributed by atoms with Crippen LogP contribution < -0.4 is 0 Å². The molecule has 0 atom stereocenters. The third-order valence-corrected chi connectivity index (χ3v) is 1.75. The largest absolute Gasteiger partial charge is 0.263 e. The van der Waals surface area contributed by atoms with Gasteiger partial charge in [-0.3, -0.25) is 4.98 Å². The van der Waals surface area contributed by atoms with E-state index >= 15 is 0 Å². The van der Waals surface area contributed by atoms with Gasteiger partial charge in [-0.15, -0.1) is 0 Å². The number of nitriles is 1. The van der Waals surface area contributed by atoms with Crippen LogP contribution >= 0.6 is 0 Å². The van der Waals surface area contributed by atoms with Crippen molar-refractivity contribution in [2.75, 3.05) is 0 Å². The van der Waals surface area contributed by atoms with Gasteiger partial charge in [0.25, 0.3) is 0 Å². The minimum Gasteiger partial charge on any atom is -0.263 e. The average molecular weight is 190 g/mol. The van der Waals surface area contributed by atoms with E-state index < -0.39 is 0 Å². The number of pyridine rings is 1. The topological polar surface area (TPSA) is 36.7 Å². The number of hydrogen-bond acceptors (Lipinski definition) is 2. The zero-order chi connectivity index (χ0) is 11.2. The Morgan fingerprint density at radius 3 is 2.21 bits per heavy atom. The van der Waals surface area contributed by atoms with Crippen LogP contribution in [0, 0.1) is 11.3 Å². The summed E-state index contributed by atoms with van der Waals surface area (Å²) in [5, 5.41) is 8.79. The molecule has 76 valence electrons. The molecule has 0 aliphatic heterocycles. The van der Waals surface area contributed by atoms with Crippen molar-refractivity contribution in [1.82, 2.24) is 4.98 Å². The lowest BCUT2D eigenvalue weighted by molar-refractivity contribution is 0.587. The summed E-state index contributed by atoms with van der Waals surface area (Å²) in [4.78, 5) is 3.91. The van der Waals surface area contributed by atoms with Crippen molar-refractivity contribution in [3.63, 3.8) is 0 Å². The molecule has 0 unspecified atom stereocenters. The zero-order valence-electron chi connectivity index (χ0n) is 9.63. The van der Waals surface area contributed by atoms with Gasteiger partial charge in [-0.05, 0) is 17.0 Å². The van der Waals surface area contributed by atoms with Crippen LogP contribution in [0.3, 0.4) is 0 Å². The van der Waals surface area contributed by atoms with Gasteiger partial charge in [0.2, 0.25) is 0 Å². The molecular formula is C12H18N2. The first-order valence-electron chi connectivity index (χ1n) is 4.90. The van der Waals surface area contributed by atoms with Crippen molar-refractivity contribution in [1.29, 1.82) is 5.26 Å². The van der Waals surface area contributed by atoms with Gasteiger partial charge in [-0.25, -0.2) is 0 Å². The average Bonchev–Trinajstić information content (AvgIpc) is 2.19. The molecular weight excluding hydrogens is 172 g/mol. The van der Waals surface area contributed by atoms with E-state index in [4.69, 9.17) is 5.26 Å². The summed E-state index contributed by atoms with van der Waals surface area (Å²) in [6, 6.07) is 4.04. The quantitative estimate of drug-likeness (QED) is 0.629. The summed E-state index contributed by atoms with van der Waals surface area (Å²) in [5.41, 5.74) is 1.75. The third-order valence-electron chi connectivity index (χ3n) is 1.75. The van der Waals surface area contributed by atoms with Gasteiger partial charge in [-0.2, -0.15) is 5.26 Å². The molecule has 0 fully saturated rings. The Balaban J connectivity index is 0.000000791. The molecule has 0 radical (unpaired) electrons. The van der Waals surface area contributed by atoms with E-state index in [9.17, 15) is 0 Å². The monoisotopic (exact) mass is 190 g/mol. The van der Waals surface area contributed by atoms with Crippen LogP contribution in [0.15, 0.2) is 18.5 Å². The van der Waals surface area contributed by atoms with E-state index in [1.807, 2.05) is 19.9 Å². The molecule has 0 bridgehead atoms. The third kappa shape index (κ3) is 3.18. The van der Waals surface area contributed by atoms with Crippen LogP contribution in [0.2, 0.25) is 0 Å². The summed E-state index contributed by atoms with van der Waals surface area (Å²) < 4.78 is 0. The lowest BCUT2D eigenvalue weighted by Gasteiger charge is -2.19. The predicted octanol–water partition coefficient (Wildman–Crippen LogP) is 3.28. The van der Waals surface area contributed by atoms with Gasteiger partial charge in [0.15, 0.2) is 0 Å². The van der Waals surface area contributed by atoms with Crippen molar-refractivity contribution in [3.8, 4) is 6.07 Å². The van der Waals surface area contributed by atoms with Gasteiger partial charge in [0.05, 0.1) is 5.56 Å². The lowest BCUT2D eigenvalue weighted by atomic mass is 9.85. The Morgan fingerprint density at radius 2 is 1.86 bits per heavy atom. The molecule has 0 amide bonds. The maximum atomic E-state index is 8.79. The molecule has 2 heteroatoms. The van der Waals surface area contributed by atoms with Gasteiger partial charge in [-0.1, -0.05) is 34.6 Å². The molecule has 1 aromatic rings. The Labute approximate surface area is 86.6 Å². The summed E-state index contributed by atoms with van der Waals surface area (Å²) in [5.74, 6) is 0. The second-order valence-electron chi connectivity index (χ2n) is 3.78. The molecule has 1 rings (SSSR count). The van der Waals surface area contributed by atoms with Crippen molar-refractivity contribution in [3.05, 3.63) is 29.6 Å². The molecule has 0 N–H and O–H groups in total. The Hall–Kier alpha value is -1.36. The fourth-order valence-corrected chi connectivity index (χ4v) is 1.14. The van der Waals surface area contributed by atoms with Crippen LogP contribution in [0.5, 0.6) is 0 Å². The highest BCUT2D eigenvalue weighted by Gasteiger charge is 2.17. The van der Waals surface area contributed by atoms with Gasteiger partial charge in [0.1, 0.15) is 6.07 Å². The van der Waals surface area contributed by atoms with Crippen LogP contribution in [-0.4, -0.2) is 4.98 Å². The molecule has 0 spiro atoms. The second kappa shape index (κ2) is 5.39. The maximum Gasteiger partial charge on any atom is 0.101 e.